The lowest BCUT2D eigenvalue weighted by Crippen LogP contribution is -2.19. The predicted octanol–water partition coefficient (Wildman–Crippen LogP) is 3.11. The van der Waals surface area contributed by atoms with E-state index in [4.69, 9.17) is 15.4 Å². The molecule has 1 unspecified atom stereocenters. The maximum absolute atomic E-state index is 13.6. The molecule has 0 spiro atoms. The highest BCUT2D eigenvalue weighted by atomic mass is 35.7. The van der Waals surface area contributed by atoms with Crippen LogP contribution in [-0.4, -0.2) is 20.8 Å². The summed E-state index contributed by atoms with van der Waals surface area (Å²) in [5.41, 5.74) is 0.491. The summed E-state index contributed by atoms with van der Waals surface area (Å²) in [4.78, 5) is 0. The van der Waals surface area contributed by atoms with Gasteiger partial charge >= 0.3 is 0 Å². The molecule has 1 aromatic carbocycles. The first kappa shape index (κ1) is 15.2. The van der Waals surface area contributed by atoms with E-state index in [1.807, 2.05) is 6.92 Å². The summed E-state index contributed by atoms with van der Waals surface area (Å²) in [6.45, 7) is 3.61. The molecule has 1 rings (SSSR count). The Morgan fingerprint density at radius 2 is 2.11 bits per heavy atom. The topological polar surface area (TPSA) is 43.4 Å². The number of ether oxygens (including phenoxy) is 1. The fourth-order valence-electron chi connectivity index (χ4n) is 1.50. The van der Waals surface area contributed by atoms with Crippen molar-refractivity contribution in [3.05, 3.63) is 29.6 Å². The molecular formula is C12H16ClFO3S. The van der Waals surface area contributed by atoms with Crippen LogP contribution >= 0.6 is 10.7 Å². The van der Waals surface area contributed by atoms with Crippen LogP contribution in [0.5, 0.6) is 5.75 Å². The van der Waals surface area contributed by atoms with E-state index in [0.717, 1.165) is 0 Å². The monoisotopic (exact) mass is 294 g/mol. The fourth-order valence-corrected chi connectivity index (χ4v) is 2.93. The second-order valence-electron chi connectivity index (χ2n) is 4.18. The molecule has 0 saturated carbocycles. The number of aryl methyl sites for hydroxylation is 1. The molecule has 102 valence electrons. The summed E-state index contributed by atoms with van der Waals surface area (Å²) in [7, 11) is 1.63. The van der Waals surface area contributed by atoms with Gasteiger partial charge in [-0.3, -0.25) is 0 Å². The number of benzene rings is 1. The molecule has 6 heteroatoms. The van der Waals surface area contributed by atoms with Crippen LogP contribution < -0.4 is 4.74 Å². The van der Waals surface area contributed by atoms with Gasteiger partial charge in [0.2, 0.25) is 9.05 Å². The fraction of sp³-hybridized carbons (Fsp3) is 0.500. The zero-order valence-corrected chi connectivity index (χ0v) is 11.9. The van der Waals surface area contributed by atoms with Gasteiger partial charge in [0.1, 0.15) is 0 Å². The second-order valence-corrected chi connectivity index (χ2v) is 7.00. The van der Waals surface area contributed by atoms with Crippen molar-refractivity contribution in [1.29, 1.82) is 0 Å². The Morgan fingerprint density at radius 1 is 1.44 bits per heavy atom. The van der Waals surface area contributed by atoms with Gasteiger partial charge in [0, 0.05) is 16.6 Å². The molecule has 0 aliphatic rings. The van der Waals surface area contributed by atoms with E-state index in [0.29, 0.717) is 12.0 Å². The van der Waals surface area contributed by atoms with Crippen molar-refractivity contribution in [2.75, 3.05) is 12.4 Å². The molecule has 0 bridgehead atoms. The lowest BCUT2D eigenvalue weighted by Gasteiger charge is -2.15. The lowest BCUT2D eigenvalue weighted by molar-refractivity contribution is 0.247. The molecule has 0 heterocycles. The zero-order valence-electron chi connectivity index (χ0n) is 10.3. The molecular weight excluding hydrogens is 279 g/mol. The third-order valence-electron chi connectivity index (χ3n) is 2.64. The molecule has 0 aromatic heterocycles. The first-order chi connectivity index (χ1) is 8.33. The Kier molecular flexibility index (Phi) is 5.41. The van der Waals surface area contributed by atoms with E-state index in [2.05, 4.69) is 0 Å². The number of hydrogen-bond acceptors (Lipinski definition) is 3. The molecule has 18 heavy (non-hydrogen) atoms. The standard InChI is InChI=1S/C12H16ClFO3S/c1-3-10(8-18(13,15)16)7-17-11-6-4-5-9(2)12(11)14/h4-6,10H,3,7-8H2,1-2H3. The van der Waals surface area contributed by atoms with E-state index < -0.39 is 14.9 Å². The van der Waals surface area contributed by atoms with Crippen molar-refractivity contribution < 1.29 is 17.5 Å². The van der Waals surface area contributed by atoms with Gasteiger partial charge in [0.25, 0.3) is 0 Å². The van der Waals surface area contributed by atoms with Crippen molar-refractivity contribution in [2.24, 2.45) is 5.92 Å². The Bertz CT molecular complexity index is 502. The molecule has 0 aliphatic heterocycles. The molecule has 0 saturated heterocycles. The Morgan fingerprint density at radius 3 is 2.67 bits per heavy atom. The zero-order chi connectivity index (χ0) is 13.8. The average molecular weight is 295 g/mol. The van der Waals surface area contributed by atoms with Crippen LogP contribution in [0.1, 0.15) is 18.9 Å². The molecule has 3 nitrogen and oxygen atoms in total. The summed E-state index contributed by atoms with van der Waals surface area (Å²) >= 11 is 0. The van der Waals surface area contributed by atoms with E-state index >= 15 is 0 Å². The summed E-state index contributed by atoms with van der Waals surface area (Å²) in [6, 6.07) is 4.85. The molecule has 1 atom stereocenters. The SMILES string of the molecule is CCC(COc1cccc(C)c1F)CS(=O)(=O)Cl. The minimum Gasteiger partial charge on any atom is -0.490 e. The average Bonchev–Trinajstić information content (AvgIpc) is 2.27. The van der Waals surface area contributed by atoms with E-state index in [-0.39, 0.29) is 24.0 Å². The maximum Gasteiger partial charge on any atom is 0.232 e. The van der Waals surface area contributed by atoms with Crippen molar-refractivity contribution in [1.82, 2.24) is 0 Å². The number of rotatable bonds is 6. The molecule has 1 aromatic rings. The lowest BCUT2D eigenvalue weighted by atomic mass is 10.1. The van der Waals surface area contributed by atoms with Crippen molar-refractivity contribution in [3.8, 4) is 5.75 Å². The van der Waals surface area contributed by atoms with Gasteiger partial charge in [-0.25, -0.2) is 12.8 Å². The smallest absolute Gasteiger partial charge is 0.232 e. The Labute approximate surface area is 111 Å². The van der Waals surface area contributed by atoms with Crippen LogP contribution in [0.15, 0.2) is 18.2 Å². The Hall–Kier alpha value is -0.810. The van der Waals surface area contributed by atoms with E-state index in [1.165, 1.54) is 6.07 Å². The molecule has 0 fully saturated rings. The minimum atomic E-state index is -3.56. The minimum absolute atomic E-state index is 0.128. The van der Waals surface area contributed by atoms with Gasteiger partial charge in [-0.15, -0.1) is 0 Å². The highest BCUT2D eigenvalue weighted by Gasteiger charge is 2.17. The predicted molar refractivity (Wildman–Crippen MR) is 70.1 cm³/mol. The van der Waals surface area contributed by atoms with Gasteiger partial charge in [0.15, 0.2) is 11.6 Å². The largest absolute Gasteiger partial charge is 0.490 e. The van der Waals surface area contributed by atoms with Gasteiger partial charge < -0.3 is 4.74 Å². The summed E-state index contributed by atoms with van der Waals surface area (Å²) in [6.07, 6.45) is 0.597. The second kappa shape index (κ2) is 6.38. The van der Waals surface area contributed by atoms with Crippen LogP contribution in [0, 0.1) is 18.7 Å². The number of hydrogen-bond donors (Lipinski definition) is 0. The van der Waals surface area contributed by atoms with Crippen molar-refractivity contribution in [3.63, 3.8) is 0 Å². The Balaban J connectivity index is 2.66. The van der Waals surface area contributed by atoms with Crippen molar-refractivity contribution >= 4 is 19.7 Å². The molecule has 0 aliphatic carbocycles. The van der Waals surface area contributed by atoms with Gasteiger partial charge in [-0.05, 0) is 25.0 Å². The summed E-state index contributed by atoms with van der Waals surface area (Å²) < 4.78 is 40.9. The van der Waals surface area contributed by atoms with E-state index in [1.54, 1.807) is 19.1 Å². The normalized spacial score (nSPS) is 13.3. The summed E-state index contributed by atoms with van der Waals surface area (Å²) in [5, 5.41) is 0. The van der Waals surface area contributed by atoms with Gasteiger partial charge in [0.05, 0.1) is 12.4 Å². The van der Waals surface area contributed by atoms with Crippen LogP contribution in [0.25, 0.3) is 0 Å². The first-order valence-corrected chi connectivity index (χ1v) is 8.11. The third-order valence-corrected chi connectivity index (χ3v) is 3.89. The molecule has 0 radical (unpaired) electrons. The van der Waals surface area contributed by atoms with Gasteiger partial charge in [-0.2, -0.15) is 0 Å². The van der Waals surface area contributed by atoms with Crippen molar-refractivity contribution in [2.45, 2.75) is 20.3 Å². The highest BCUT2D eigenvalue weighted by Crippen LogP contribution is 2.21. The quantitative estimate of drug-likeness (QED) is 0.757. The summed E-state index contributed by atoms with van der Waals surface area (Å²) in [5.74, 6) is -0.688. The van der Waals surface area contributed by atoms with E-state index in [9.17, 15) is 12.8 Å². The third kappa shape index (κ3) is 4.82. The van der Waals surface area contributed by atoms with Crippen LogP contribution in [-0.2, 0) is 9.05 Å². The van der Waals surface area contributed by atoms with Gasteiger partial charge in [-0.1, -0.05) is 19.1 Å². The first-order valence-electron chi connectivity index (χ1n) is 5.63. The number of halogens is 2. The van der Waals surface area contributed by atoms with Crippen LogP contribution in [0.2, 0.25) is 0 Å². The van der Waals surface area contributed by atoms with Crippen LogP contribution in [0.4, 0.5) is 4.39 Å². The van der Waals surface area contributed by atoms with Crippen LogP contribution in [0.3, 0.4) is 0 Å². The molecule has 0 amide bonds. The molecule has 0 N–H and O–H groups in total. The maximum atomic E-state index is 13.6. The highest BCUT2D eigenvalue weighted by molar-refractivity contribution is 8.13.